The maximum absolute atomic E-state index is 13.5. The SMILES string of the molecule is Cc1[nH]n(-c2ncc(-c3cccc([N+](=O)[O-])c3)s2)c(=O)c1C(c1ccccc1)C(C#N)C(N)=O. The predicted molar refractivity (Wildman–Crippen MR) is 125 cm³/mol. The lowest BCUT2D eigenvalue weighted by Crippen LogP contribution is -2.31. The molecular formula is C23H18N6O4S. The van der Waals surface area contributed by atoms with Crippen molar-refractivity contribution < 1.29 is 9.72 Å². The van der Waals surface area contributed by atoms with Crippen molar-refractivity contribution in [3.05, 3.63) is 98.1 Å². The number of non-ortho nitro benzene ring substituents is 1. The fraction of sp³-hybridized carbons (Fsp3) is 0.130. The molecule has 11 heteroatoms. The van der Waals surface area contributed by atoms with Crippen molar-refractivity contribution >= 4 is 22.9 Å². The lowest BCUT2D eigenvalue weighted by molar-refractivity contribution is -0.384. The van der Waals surface area contributed by atoms with Gasteiger partial charge in [-0.25, -0.2) is 4.98 Å². The quantitative estimate of drug-likeness (QED) is 0.309. The first-order valence-corrected chi connectivity index (χ1v) is 10.9. The molecule has 2 aromatic heterocycles. The molecule has 0 fully saturated rings. The number of amides is 1. The second kappa shape index (κ2) is 9.13. The summed E-state index contributed by atoms with van der Waals surface area (Å²) in [6.07, 6.45) is 1.53. The van der Waals surface area contributed by atoms with Crippen molar-refractivity contribution in [2.75, 3.05) is 0 Å². The van der Waals surface area contributed by atoms with Gasteiger partial charge in [0.25, 0.3) is 11.2 Å². The van der Waals surface area contributed by atoms with E-state index in [2.05, 4.69) is 10.1 Å². The second-order valence-electron chi connectivity index (χ2n) is 7.50. The number of H-pyrrole nitrogens is 1. The van der Waals surface area contributed by atoms with E-state index in [-0.39, 0.29) is 11.3 Å². The lowest BCUT2D eigenvalue weighted by atomic mass is 9.81. The molecule has 3 N–H and O–H groups in total. The number of nitrogens with two attached hydrogens (primary N) is 1. The number of nitrogens with one attached hydrogen (secondary N) is 1. The van der Waals surface area contributed by atoms with E-state index in [9.17, 15) is 25.0 Å². The molecule has 0 radical (unpaired) electrons. The number of rotatable bonds is 7. The van der Waals surface area contributed by atoms with Crippen LogP contribution in [0.5, 0.6) is 0 Å². The Bertz CT molecular complexity index is 1480. The topological polar surface area (TPSA) is 161 Å². The van der Waals surface area contributed by atoms with Gasteiger partial charge < -0.3 is 5.73 Å². The van der Waals surface area contributed by atoms with E-state index >= 15 is 0 Å². The zero-order valence-electron chi connectivity index (χ0n) is 17.8. The van der Waals surface area contributed by atoms with Crippen LogP contribution >= 0.6 is 11.3 Å². The Morgan fingerprint density at radius 2 is 2.00 bits per heavy atom. The number of carbonyl (C=O) groups is 1. The van der Waals surface area contributed by atoms with Crippen molar-refractivity contribution in [2.45, 2.75) is 12.8 Å². The summed E-state index contributed by atoms with van der Waals surface area (Å²) in [5.74, 6) is -2.95. The molecule has 2 unspecified atom stereocenters. The van der Waals surface area contributed by atoms with E-state index in [4.69, 9.17) is 5.73 Å². The van der Waals surface area contributed by atoms with Crippen molar-refractivity contribution in [1.82, 2.24) is 14.8 Å². The van der Waals surface area contributed by atoms with Crippen LogP contribution in [0.2, 0.25) is 0 Å². The van der Waals surface area contributed by atoms with Gasteiger partial charge >= 0.3 is 0 Å². The molecule has 34 heavy (non-hydrogen) atoms. The van der Waals surface area contributed by atoms with Gasteiger partial charge in [0.15, 0.2) is 0 Å². The van der Waals surface area contributed by atoms with Crippen LogP contribution in [0, 0.1) is 34.3 Å². The summed E-state index contributed by atoms with van der Waals surface area (Å²) in [7, 11) is 0. The highest BCUT2D eigenvalue weighted by molar-refractivity contribution is 7.17. The van der Waals surface area contributed by atoms with Crippen molar-refractivity contribution in [3.8, 4) is 21.6 Å². The summed E-state index contributed by atoms with van der Waals surface area (Å²) >= 11 is 1.17. The molecule has 2 heterocycles. The Morgan fingerprint density at radius 1 is 1.26 bits per heavy atom. The van der Waals surface area contributed by atoms with Crippen molar-refractivity contribution in [1.29, 1.82) is 5.26 Å². The van der Waals surface area contributed by atoms with Crippen molar-refractivity contribution in [2.24, 2.45) is 11.7 Å². The summed E-state index contributed by atoms with van der Waals surface area (Å²) < 4.78 is 1.24. The minimum absolute atomic E-state index is 0.0534. The molecule has 2 aromatic carbocycles. The van der Waals surface area contributed by atoms with Gasteiger partial charge in [-0.3, -0.25) is 24.8 Å². The highest BCUT2D eigenvalue weighted by Gasteiger charge is 2.34. The van der Waals surface area contributed by atoms with Crippen LogP contribution in [0.4, 0.5) is 5.69 Å². The Kier molecular flexibility index (Phi) is 6.07. The van der Waals surface area contributed by atoms with Gasteiger partial charge in [0.1, 0.15) is 5.92 Å². The fourth-order valence-electron chi connectivity index (χ4n) is 3.82. The average Bonchev–Trinajstić information content (AvgIpc) is 3.42. The van der Waals surface area contributed by atoms with E-state index in [0.717, 1.165) is 0 Å². The first kappa shape index (κ1) is 22.6. The number of nitro groups is 1. The number of thiazole rings is 1. The van der Waals surface area contributed by atoms with Crippen LogP contribution in [0.25, 0.3) is 15.6 Å². The molecule has 170 valence electrons. The Hall–Kier alpha value is -4.56. The molecule has 0 aliphatic heterocycles. The molecular weight excluding hydrogens is 456 g/mol. The zero-order valence-corrected chi connectivity index (χ0v) is 18.7. The van der Waals surface area contributed by atoms with Crippen LogP contribution in [0.15, 0.2) is 65.6 Å². The summed E-state index contributed by atoms with van der Waals surface area (Å²) in [6.45, 7) is 1.67. The Labute approximate surface area is 197 Å². The van der Waals surface area contributed by atoms with Gasteiger partial charge in [-0.05, 0) is 12.5 Å². The lowest BCUT2D eigenvalue weighted by Gasteiger charge is -2.19. The van der Waals surface area contributed by atoms with Crippen LogP contribution in [0.3, 0.4) is 0 Å². The number of hydrogen-bond acceptors (Lipinski definition) is 7. The van der Waals surface area contributed by atoms with Gasteiger partial charge in [0.05, 0.1) is 15.9 Å². The van der Waals surface area contributed by atoms with Gasteiger partial charge in [-0.2, -0.15) is 9.94 Å². The number of benzene rings is 2. The van der Waals surface area contributed by atoms with E-state index < -0.39 is 28.2 Å². The number of nitrogens with zero attached hydrogens (tertiary/aromatic N) is 4. The third-order valence-electron chi connectivity index (χ3n) is 5.39. The minimum Gasteiger partial charge on any atom is -0.369 e. The van der Waals surface area contributed by atoms with E-state index in [1.807, 2.05) is 6.07 Å². The van der Waals surface area contributed by atoms with Crippen LogP contribution in [-0.4, -0.2) is 25.6 Å². The molecule has 1 amide bonds. The molecule has 10 nitrogen and oxygen atoms in total. The van der Waals surface area contributed by atoms with E-state index in [1.54, 1.807) is 49.4 Å². The molecule has 2 atom stereocenters. The van der Waals surface area contributed by atoms with Gasteiger partial charge in [0.2, 0.25) is 11.0 Å². The summed E-state index contributed by atoms with van der Waals surface area (Å²) in [5, 5.41) is 24.0. The highest BCUT2D eigenvalue weighted by Crippen LogP contribution is 2.33. The minimum atomic E-state index is -1.25. The third-order valence-corrected chi connectivity index (χ3v) is 6.42. The third kappa shape index (κ3) is 4.10. The highest BCUT2D eigenvalue weighted by atomic mass is 32.1. The first-order valence-electron chi connectivity index (χ1n) is 10.1. The average molecular weight is 475 g/mol. The predicted octanol–water partition coefficient (Wildman–Crippen LogP) is 3.26. The van der Waals surface area contributed by atoms with Crippen LogP contribution in [-0.2, 0) is 4.79 Å². The number of aromatic nitrogens is 3. The van der Waals surface area contributed by atoms with E-state index in [1.165, 1.54) is 34.3 Å². The van der Waals surface area contributed by atoms with Crippen LogP contribution in [0.1, 0.15) is 22.7 Å². The van der Waals surface area contributed by atoms with Gasteiger partial charge in [0, 0.05) is 41.1 Å². The fourth-order valence-corrected chi connectivity index (χ4v) is 4.70. The summed E-state index contributed by atoms with van der Waals surface area (Å²) in [6, 6.07) is 16.8. The number of hydrogen-bond donors (Lipinski definition) is 2. The molecule has 0 saturated heterocycles. The molecule has 4 rings (SSSR count). The molecule has 0 aliphatic carbocycles. The first-order chi connectivity index (χ1) is 16.3. The number of aromatic amines is 1. The molecule has 0 bridgehead atoms. The monoisotopic (exact) mass is 474 g/mol. The maximum atomic E-state index is 13.5. The molecule has 0 spiro atoms. The van der Waals surface area contributed by atoms with Gasteiger partial charge in [-0.1, -0.05) is 53.8 Å². The molecule has 4 aromatic rings. The smallest absolute Gasteiger partial charge is 0.277 e. The number of aryl methyl sites for hydroxylation is 1. The summed E-state index contributed by atoms with van der Waals surface area (Å²) in [4.78, 5) is 41.1. The Balaban J connectivity index is 1.81. The molecule has 0 aliphatic rings. The number of primary amides is 1. The van der Waals surface area contributed by atoms with Gasteiger partial charge in [-0.15, -0.1) is 0 Å². The largest absolute Gasteiger partial charge is 0.369 e. The maximum Gasteiger partial charge on any atom is 0.277 e. The number of carbonyl (C=O) groups excluding carboxylic acids is 1. The van der Waals surface area contributed by atoms with Crippen molar-refractivity contribution in [3.63, 3.8) is 0 Å². The Morgan fingerprint density at radius 3 is 2.65 bits per heavy atom. The molecule has 0 saturated carbocycles. The second-order valence-corrected chi connectivity index (χ2v) is 8.51. The zero-order chi connectivity index (χ0) is 24.4. The number of nitro benzene ring substituents is 1. The summed E-state index contributed by atoms with van der Waals surface area (Å²) in [5.41, 5.74) is 6.89. The van der Waals surface area contributed by atoms with E-state index in [0.29, 0.717) is 26.8 Å². The number of nitriles is 1. The normalized spacial score (nSPS) is 12.6. The van der Waals surface area contributed by atoms with Crippen LogP contribution < -0.4 is 11.3 Å². The standard InChI is InChI=1S/C23H18N6O4S/c1-13-19(20(17(11-24)21(25)30)14-6-3-2-4-7-14)22(31)28(27-13)23-26-12-18(34-23)15-8-5-9-16(10-15)29(32)33/h2-10,12,17,20,27H,1H3,(H2,25,30).